The molecule has 0 saturated carbocycles. The van der Waals surface area contributed by atoms with E-state index in [0.29, 0.717) is 0 Å². The standard InChI is InChI=1S/C16H17N5/c1-12(14-7-4-3-5-8-14)17-15-9-6-10-16(11-15)21-13(2)18-19-20-21/h3-12,17H,1-2H3. The fraction of sp³-hybridized carbons (Fsp3) is 0.188. The van der Waals surface area contributed by atoms with Gasteiger partial charge in [0, 0.05) is 11.7 Å². The summed E-state index contributed by atoms with van der Waals surface area (Å²) >= 11 is 0. The second-order valence-electron chi connectivity index (χ2n) is 4.96. The van der Waals surface area contributed by atoms with Crippen LogP contribution in [0.5, 0.6) is 0 Å². The molecule has 0 aliphatic heterocycles. The molecule has 3 rings (SSSR count). The van der Waals surface area contributed by atoms with E-state index in [1.165, 1.54) is 5.56 Å². The summed E-state index contributed by atoms with van der Waals surface area (Å²) in [5.74, 6) is 0.767. The maximum absolute atomic E-state index is 3.99. The van der Waals surface area contributed by atoms with E-state index in [1.807, 2.05) is 49.4 Å². The summed E-state index contributed by atoms with van der Waals surface area (Å²) in [6.07, 6.45) is 0. The van der Waals surface area contributed by atoms with Gasteiger partial charge in [0.25, 0.3) is 0 Å². The second-order valence-corrected chi connectivity index (χ2v) is 4.96. The van der Waals surface area contributed by atoms with Crippen LogP contribution in [0.25, 0.3) is 5.69 Å². The molecule has 0 amide bonds. The summed E-state index contributed by atoms with van der Waals surface area (Å²) in [5, 5.41) is 15.1. The van der Waals surface area contributed by atoms with E-state index >= 15 is 0 Å². The highest BCUT2D eigenvalue weighted by molar-refractivity contribution is 5.52. The van der Waals surface area contributed by atoms with Crippen molar-refractivity contribution in [2.45, 2.75) is 19.9 Å². The maximum atomic E-state index is 3.99. The van der Waals surface area contributed by atoms with Crippen molar-refractivity contribution in [1.29, 1.82) is 0 Å². The van der Waals surface area contributed by atoms with Gasteiger partial charge in [-0.3, -0.25) is 0 Å². The van der Waals surface area contributed by atoms with Gasteiger partial charge in [0.05, 0.1) is 5.69 Å². The molecule has 0 radical (unpaired) electrons. The fourth-order valence-electron chi connectivity index (χ4n) is 2.27. The van der Waals surface area contributed by atoms with Crippen molar-refractivity contribution in [1.82, 2.24) is 20.2 Å². The van der Waals surface area contributed by atoms with Gasteiger partial charge in [-0.1, -0.05) is 36.4 Å². The van der Waals surface area contributed by atoms with Gasteiger partial charge in [-0.05, 0) is 48.0 Å². The quantitative estimate of drug-likeness (QED) is 0.797. The SMILES string of the molecule is Cc1nnnn1-c1cccc(NC(C)c2ccccc2)c1. The highest BCUT2D eigenvalue weighted by Crippen LogP contribution is 2.21. The van der Waals surface area contributed by atoms with Crippen LogP contribution in [0.1, 0.15) is 24.4 Å². The first kappa shape index (κ1) is 13.3. The zero-order valence-electron chi connectivity index (χ0n) is 12.1. The highest BCUT2D eigenvalue weighted by Gasteiger charge is 2.07. The number of nitrogens with zero attached hydrogens (tertiary/aromatic N) is 4. The van der Waals surface area contributed by atoms with Gasteiger partial charge in [-0.2, -0.15) is 4.68 Å². The molecule has 5 nitrogen and oxygen atoms in total. The number of hydrogen-bond donors (Lipinski definition) is 1. The van der Waals surface area contributed by atoms with Gasteiger partial charge in [-0.15, -0.1) is 5.10 Å². The Morgan fingerprint density at radius 2 is 1.86 bits per heavy atom. The lowest BCUT2D eigenvalue weighted by Gasteiger charge is -2.16. The first-order valence-corrected chi connectivity index (χ1v) is 6.91. The third-order valence-electron chi connectivity index (χ3n) is 3.40. The van der Waals surface area contributed by atoms with E-state index in [-0.39, 0.29) is 6.04 Å². The lowest BCUT2D eigenvalue weighted by atomic mass is 10.1. The molecular weight excluding hydrogens is 262 g/mol. The van der Waals surface area contributed by atoms with E-state index in [1.54, 1.807) is 4.68 Å². The molecule has 21 heavy (non-hydrogen) atoms. The number of aromatic nitrogens is 4. The van der Waals surface area contributed by atoms with Crippen molar-refractivity contribution < 1.29 is 0 Å². The summed E-state index contributed by atoms with van der Waals surface area (Å²) in [6, 6.07) is 18.7. The van der Waals surface area contributed by atoms with E-state index in [4.69, 9.17) is 0 Å². The van der Waals surface area contributed by atoms with E-state index < -0.39 is 0 Å². The Morgan fingerprint density at radius 1 is 1.05 bits per heavy atom. The Balaban J connectivity index is 1.82. The molecule has 1 N–H and O–H groups in total. The molecule has 0 fully saturated rings. The Morgan fingerprint density at radius 3 is 2.57 bits per heavy atom. The summed E-state index contributed by atoms with van der Waals surface area (Å²) in [4.78, 5) is 0. The predicted octanol–water partition coefficient (Wildman–Crippen LogP) is 3.14. The Bertz CT molecular complexity index is 720. The van der Waals surface area contributed by atoms with Gasteiger partial charge in [0.1, 0.15) is 0 Å². The van der Waals surface area contributed by atoms with Crippen LogP contribution in [0.15, 0.2) is 54.6 Å². The van der Waals surface area contributed by atoms with Crippen LogP contribution in [-0.4, -0.2) is 20.2 Å². The van der Waals surface area contributed by atoms with Crippen LogP contribution in [0, 0.1) is 6.92 Å². The number of anilines is 1. The molecule has 1 heterocycles. The lowest BCUT2D eigenvalue weighted by Crippen LogP contribution is -2.07. The van der Waals surface area contributed by atoms with E-state index in [0.717, 1.165) is 17.2 Å². The third-order valence-corrected chi connectivity index (χ3v) is 3.40. The summed E-state index contributed by atoms with van der Waals surface area (Å²) in [7, 11) is 0. The fourth-order valence-corrected chi connectivity index (χ4v) is 2.27. The summed E-state index contributed by atoms with van der Waals surface area (Å²) < 4.78 is 1.72. The molecular formula is C16H17N5. The summed E-state index contributed by atoms with van der Waals surface area (Å²) in [6.45, 7) is 4.02. The largest absolute Gasteiger partial charge is 0.378 e. The minimum Gasteiger partial charge on any atom is -0.378 e. The van der Waals surface area contributed by atoms with Gasteiger partial charge in [0.15, 0.2) is 5.82 Å². The predicted molar refractivity (Wildman–Crippen MR) is 82.4 cm³/mol. The van der Waals surface area contributed by atoms with Crippen LogP contribution in [-0.2, 0) is 0 Å². The monoisotopic (exact) mass is 279 g/mol. The minimum atomic E-state index is 0.233. The van der Waals surface area contributed by atoms with Crippen LogP contribution in [0.4, 0.5) is 5.69 Å². The maximum Gasteiger partial charge on any atom is 0.153 e. The van der Waals surface area contributed by atoms with Crippen LogP contribution < -0.4 is 5.32 Å². The van der Waals surface area contributed by atoms with Crippen molar-refractivity contribution in [3.8, 4) is 5.69 Å². The van der Waals surface area contributed by atoms with Crippen LogP contribution >= 0.6 is 0 Å². The van der Waals surface area contributed by atoms with Gasteiger partial charge in [0.2, 0.25) is 0 Å². The minimum absolute atomic E-state index is 0.233. The topological polar surface area (TPSA) is 55.6 Å². The normalized spacial score (nSPS) is 12.1. The van der Waals surface area contributed by atoms with Gasteiger partial charge < -0.3 is 5.32 Å². The Labute approximate surface area is 123 Å². The molecule has 1 atom stereocenters. The lowest BCUT2D eigenvalue weighted by molar-refractivity contribution is 0.779. The first-order valence-electron chi connectivity index (χ1n) is 6.91. The molecule has 0 saturated heterocycles. The van der Waals surface area contributed by atoms with Crippen molar-refractivity contribution >= 4 is 5.69 Å². The number of tetrazole rings is 1. The van der Waals surface area contributed by atoms with E-state index in [2.05, 4.69) is 39.9 Å². The molecule has 2 aromatic carbocycles. The Hall–Kier alpha value is -2.69. The number of benzene rings is 2. The molecule has 0 aliphatic carbocycles. The zero-order chi connectivity index (χ0) is 14.7. The van der Waals surface area contributed by atoms with Crippen molar-refractivity contribution in [2.24, 2.45) is 0 Å². The van der Waals surface area contributed by atoms with Gasteiger partial charge in [-0.25, -0.2) is 0 Å². The number of hydrogen-bond acceptors (Lipinski definition) is 4. The van der Waals surface area contributed by atoms with Crippen molar-refractivity contribution in [2.75, 3.05) is 5.32 Å². The molecule has 0 aliphatic rings. The first-order chi connectivity index (χ1) is 10.2. The summed E-state index contributed by atoms with van der Waals surface area (Å²) in [5.41, 5.74) is 3.24. The molecule has 0 bridgehead atoms. The third kappa shape index (κ3) is 2.91. The van der Waals surface area contributed by atoms with Crippen molar-refractivity contribution in [3.63, 3.8) is 0 Å². The molecule has 3 aromatic rings. The molecule has 1 unspecified atom stereocenters. The molecule has 5 heteroatoms. The molecule has 106 valence electrons. The van der Waals surface area contributed by atoms with Gasteiger partial charge >= 0.3 is 0 Å². The number of nitrogens with one attached hydrogen (secondary N) is 1. The Kier molecular flexibility index (Phi) is 3.64. The van der Waals surface area contributed by atoms with Crippen LogP contribution in [0.3, 0.4) is 0 Å². The highest BCUT2D eigenvalue weighted by atomic mass is 15.5. The van der Waals surface area contributed by atoms with Crippen LogP contribution in [0.2, 0.25) is 0 Å². The zero-order valence-corrected chi connectivity index (χ0v) is 12.1. The second kappa shape index (κ2) is 5.75. The molecule has 1 aromatic heterocycles. The molecule has 0 spiro atoms. The van der Waals surface area contributed by atoms with Crippen molar-refractivity contribution in [3.05, 3.63) is 66.0 Å². The van der Waals surface area contributed by atoms with E-state index in [9.17, 15) is 0 Å². The average Bonchev–Trinajstić information content (AvgIpc) is 2.94. The average molecular weight is 279 g/mol. The number of rotatable bonds is 4. The number of aryl methyl sites for hydroxylation is 1. The smallest absolute Gasteiger partial charge is 0.153 e.